The lowest BCUT2D eigenvalue weighted by molar-refractivity contribution is 0.129. The Kier molecular flexibility index (Phi) is 5.22. The highest BCUT2D eigenvalue weighted by molar-refractivity contribution is 6.31. The van der Waals surface area contributed by atoms with Crippen LogP contribution in [0.4, 0.5) is 16.4 Å². The van der Waals surface area contributed by atoms with Crippen molar-refractivity contribution in [2.24, 2.45) is 0 Å². The van der Waals surface area contributed by atoms with Crippen LogP contribution in [0.5, 0.6) is 5.88 Å². The number of amides is 1. The number of ether oxygens (including phenoxy) is 2. The van der Waals surface area contributed by atoms with Crippen LogP contribution in [0, 0.1) is 6.92 Å². The van der Waals surface area contributed by atoms with Crippen LogP contribution in [0.2, 0.25) is 5.02 Å². The first-order chi connectivity index (χ1) is 14.0. The van der Waals surface area contributed by atoms with E-state index in [1.807, 2.05) is 25.3 Å². The SMILES string of the molecule is COc1nc(Nc2cc(C)cc(-c3cnn(C[C@@H]4CNC(=O)O4)c3)c2)ncc1Cl. The van der Waals surface area contributed by atoms with Crippen molar-refractivity contribution in [3.05, 3.63) is 47.4 Å². The van der Waals surface area contributed by atoms with E-state index in [0.29, 0.717) is 29.9 Å². The van der Waals surface area contributed by atoms with Gasteiger partial charge in [0.25, 0.3) is 0 Å². The summed E-state index contributed by atoms with van der Waals surface area (Å²) in [6, 6.07) is 6.03. The Morgan fingerprint density at radius 3 is 2.97 bits per heavy atom. The molecule has 0 aliphatic carbocycles. The van der Waals surface area contributed by atoms with Gasteiger partial charge in [-0.25, -0.2) is 9.78 Å². The van der Waals surface area contributed by atoms with Gasteiger partial charge in [0, 0.05) is 17.4 Å². The first kappa shape index (κ1) is 19.0. The molecule has 2 N–H and O–H groups in total. The van der Waals surface area contributed by atoms with Gasteiger partial charge in [0.2, 0.25) is 11.8 Å². The second kappa shape index (κ2) is 7.96. The van der Waals surface area contributed by atoms with Crippen LogP contribution < -0.4 is 15.4 Å². The largest absolute Gasteiger partial charge is 0.480 e. The Labute approximate surface area is 172 Å². The van der Waals surface area contributed by atoms with Crippen LogP contribution in [0.25, 0.3) is 11.1 Å². The molecule has 10 heteroatoms. The predicted octanol–water partition coefficient (Wildman–Crippen LogP) is 3.16. The van der Waals surface area contributed by atoms with Gasteiger partial charge in [-0.15, -0.1) is 0 Å². The molecule has 0 radical (unpaired) electrons. The first-order valence-corrected chi connectivity index (χ1v) is 9.30. The summed E-state index contributed by atoms with van der Waals surface area (Å²) in [4.78, 5) is 19.6. The number of hydrogen-bond acceptors (Lipinski definition) is 7. The molecule has 0 bridgehead atoms. The van der Waals surface area contributed by atoms with Crippen LogP contribution in [-0.2, 0) is 11.3 Å². The molecule has 4 rings (SSSR count). The minimum absolute atomic E-state index is 0.220. The number of carbonyl (C=O) groups excluding carboxylic acids is 1. The Morgan fingerprint density at radius 2 is 2.21 bits per heavy atom. The van der Waals surface area contributed by atoms with Gasteiger partial charge >= 0.3 is 6.09 Å². The summed E-state index contributed by atoms with van der Waals surface area (Å²) in [5.41, 5.74) is 3.82. The number of aryl methyl sites for hydroxylation is 1. The Bertz CT molecular complexity index is 1050. The average molecular weight is 415 g/mol. The minimum atomic E-state index is -0.391. The number of carbonyl (C=O) groups is 1. The van der Waals surface area contributed by atoms with Crippen molar-refractivity contribution in [1.29, 1.82) is 0 Å². The monoisotopic (exact) mass is 414 g/mol. The summed E-state index contributed by atoms with van der Waals surface area (Å²) >= 11 is 5.98. The van der Waals surface area contributed by atoms with E-state index < -0.39 is 6.09 Å². The lowest BCUT2D eigenvalue weighted by Gasteiger charge is -2.10. The Hall–Kier alpha value is -3.33. The third-order valence-electron chi connectivity index (χ3n) is 4.34. The molecule has 1 atom stereocenters. The molecule has 3 heterocycles. The molecule has 2 aromatic heterocycles. The number of anilines is 2. The van der Waals surface area contributed by atoms with E-state index in [4.69, 9.17) is 21.1 Å². The van der Waals surface area contributed by atoms with Gasteiger partial charge in [-0.05, 0) is 30.2 Å². The molecule has 1 fully saturated rings. The van der Waals surface area contributed by atoms with Crippen molar-refractivity contribution in [3.63, 3.8) is 0 Å². The van der Waals surface area contributed by atoms with Gasteiger partial charge in [-0.1, -0.05) is 17.7 Å². The maximum absolute atomic E-state index is 11.2. The number of methoxy groups -OCH3 is 1. The van der Waals surface area contributed by atoms with E-state index in [0.717, 1.165) is 22.4 Å². The maximum atomic E-state index is 11.2. The summed E-state index contributed by atoms with van der Waals surface area (Å²) in [6.45, 7) is 2.98. The zero-order valence-electron chi connectivity index (χ0n) is 15.8. The maximum Gasteiger partial charge on any atom is 0.407 e. The molecule has 29 heavy (non-hydrogen) atoms. The van der Waals surface area contributed by atoms with Crippen LogP contribution >= 0.6 is 11.6 Å². The molecular weight excluding hydrogens is 396 g/mol. The topological polar surface area (TPSA) is 103 Å². The van der Waals surface area contributed by atoms with E-state index in [1.54, 1.807) is 10.9 Å². The zero-order valence-corrected chi connectivity index (χ0v) is 16.6. The summed E-state index contributed by atoms with van der Waals surface area (Å²) in [7, 11) is 1.50. The third kappa shape index (κ3) is 4.40. The van der Waals surface area contributed by atoms with Crippen LogP contribution in [0.15, 0.2) is 36.8 Å². The molecule has 150 valence electrons. The van der Waals surface area contributed by atoms with Gasteiger partial charge in [0.1, 0.15) is 11.1 Å². The molecule has 1 aromatic carbocycles. The lowest BCUT2D eigenvalue weighted by Crippen LogP contribution is -2.20. The highest BCUT2D eigenvalue weighted by Gasteiger charge is 2.23. The fourth-order valence-corrected chi connectivity index (χ4v) is 3.23. The van der Waals surface area contributed by atoms with Crippen molar-refractivity contribution in [2.75, 3.05) is 19.0 Å². The summed E-state index contributed by atoms with van der Waals surface area (Å²) in [6.07, 6.45) is 4.58. The van der Waals surface area contributed by atoms with E-state index in [2.05, 4.69) is 31.8 Å². The summed E-state index contributed by atoms with van der Waals surface area (Å²) < 4.78 is 12.1. The summed E-state index contributed by atoms with van der Waals surface area (Å²) in [5, 5.41) is 10.5. The lowest BCUT2D eigenvalue weighted by atomic mass is 10.1. The molecule has 3 aromatic rings. The number of nitrogens with zero attached hydrogens (tertiary/aromatic N) is 4. The van der Waals surface area contributed by atoms with Crippen LogP contribution in [0.3, 0.4) is 0 Å². The third-order valence-corrected chi connectivity index (χ3v) is 4.60. The van der Waals surface area contributed by atoms with Gasteiger partial charge in [0.15, 0.2) is 0 Å². The molecule has 0 spiro atoms. The Balaban J connectivity index is 1.53. The van der Waals surface area contributed by atoms with Gasteiger partial charge < -0.3 is 20.1 Å². The normalized spacial score (nSPS) is 15.7. The van der Waals surface area contributed by atoms with Gasteiger partial charge in [-0.2, -0.15) is 10.1 Å². The van der Waals surface area contributed by atoms with Crippen molar-refractivity contribution >= 4 is 29.3 Å². The molecule has 9 nitrogen and oxygen atoms in total. The van der Waals surface area contributed by atoms with E-state index in [-0.39, 0.29) is 6.10 Å². The highest BCUT2D eigenvalue weighted by Crippen LogP contribution is 2.27. The standard InChI is InChI=1S/C19H19ClN6O3/c1-11-3-12(13-6-23-26(9-13)10-15-7-22-19(27)29-15)5-14(4-11)24-18-21-8-16(20)17(25-18)28-2/h3-6,8-9,15H,7,10H2,1-2H3,(H,22,27)(H,21,24,25)/t15-/m0/s1. The highest BCUT2D eigenvalue weighted by atomic mass is 35.5. The molecule has 1 aliphatic rings. The molecule has 1 amide bonds. The minimum Gasteiger partial charge on any atom is -0.480 e. The predicted molar refractivity (Wildman–Crippen MR) is 108 cm³/mol. The molecule has 1 saturated heterocycles. The van der Waals surface area contributed by atoms with E-state index in [9.17, 15) is 4.79 Å². The fraction of sp³-hybridized carbons (Fsp3) is 0.263. The zero-order chi connectivity index (χ0) is 20.4. The quantitative estimate of drug-likeness (QED) is 0.638. The second-order valence-corrected chi connectivity index (χ2v) is 7.03. The van der Waals surface area contributed by atoms with Crippen LogP contribution in [0.1, 0.15) is 5.56 Å². The van der Waals surface area contributed by atoms with E-state index in [1.165, 1.54) is 13.3 Å². The van der Waals surface area contributed by atoms with Gasteiger partial charge in [0.05, 0.1) is 32.6 Å². The van der Waals surface area contributed by atoms with E-state index >= 15 is 0 Å². The van der Waals surface area contributed by atoms with Crippen molar-refractivity contribution in [3.8, 4) is 17.0 Å². The number of benzene rings is 1. The number of cyclic esters (lactones) is 1. The second-order valence-electron chi connectivity index (χ2n) is 6.62. The number of aromatic nitrogens is 4. The van der Waals surface area contributed by atoms with Gasteiger partial charge in [-0.3, -0.25) is 4.68 Å². The smallest absolute Gasteiger partial charge is 0.407 e. The Morgan fingerprint density at radius 1 is 1.34 bits per heavy atom. The molecule has 1 aliphatic heterocycles. The van der Waals surface area contributed by atoms with Crippen molar-refractivity contribution in [2.45, 2.75) is 19.6 Å². The molecular formula is C19H19ClN6O3. The molecule has 0 unspecified atom stereocenters. The number of rotatable bonds is 6. The number of hydrogen-bond donors (Lipinski definition) is 2. The van der Waals surface area contributed by atoms with Crippen LogP contribution in [-0.4, -0.2) is 45.6 Å². The van der Waals surface area contributed by atoms with Crippen molar-refractivity contribution < 1.29 is 14.3 Å². The average Bonchev–Trinajstić information content (AvgIpc) is 3.32. The number of nitrogens with one attached hydrogen (secondary N) is 2. The first-order valence-electron chi connectivity index (χ1n) is 8.93. The number of alkyl carbamates (subject to hydrolysis) is 1. The summed E-state index contributed by atoms with van der Waals surface area (Å²) in [5.74, 6) is 0.689. The molecule has 0 saturated carbocycles. The fourth-order valence-electron chi connectivity index (χ4n) is 3.06. The number of halogens is 1. The van der Waals surface area contributed by atoms with Crippen molar-refractivity contribution in [1.82, 2.24) is 25.1 Å².